The van der Waals surface area contributed by atoms with Gasteiger partial charge in [-0.05, 0) is 30.9 Å². The number of hydrogen-bond donors (Lipinski definition) is 1. The maximum atomic E-state index is 12.7. The predicted octanol–water partition coefficient (Wildman–Crippen LogP) is 2.67. The minimum absolute atomic E-state index is 0.138. The van der Waals surface area contributed by atoms with E-state index >= 15 is 0 Å². The Kier molecular flexibility index (Phi) is 4.13. The number of ether oxygens (including phenoxy) is 1. The van der Waals surface area contributed by atoms with Crippen LogP contribution in [0.5, 0.6) is 0 Å². The third-order valence-electron chi connectivity index (χ3n) is 5.76. The number of rotatable bonds is 3. The van der Waals surface area contributed by atoms with Gasteiger partial charge in [-0.25, -0.2) is 4.79 Å². The zero-order chi connectivity index (χ0) is 17.6. The molecule has 0 aliphatic carbocycles. The third kappa shape index (κ3) is 2.41. The summed E-state index contributed by atoms with van der Waals surface area (Å²) in [6.45, 7) is 3.60. The van der Waals surface area contributed by atoms with Crippen LogP contribution in [0.15, 0.2) is 42.0 Å². The van der Waals surface area contributed by atoms with Crippen LogP contribution in [0.1, 0.15) is 31.1 Å². The Bertz CT molecular complexity index is 839. The fourth-order valence-electron chi connectivity index (χ4n) is 4.65. The number of aromatic nitrogens is 1. The second kappa shape index (κ2) is 6.32. The number of aliphatic hydroxyl groups excluding tert-OH is 1. The molecule has 25 heavy (non-hydrogen) atoms. The van der Waals surface area contributed by atoms with Gasteiger partial charge in [-0.3, -0.25) is 4.90 Å². The molecule has 1 aromatic heterocycles. The molecule has 0 spiro atoms. The molecule has 2 aliphatic heterocycles. The molecule has 0 radical (unpaired) electrons. The Morgan fingerprint density at radius 2 is 2.20 bits per heavy atom. The van der Waals surface area contributed by atoms with Gasteiger partial charge in [0.05, 0.1) is 19.8 Å². The van der Waals surface area contributed by atoms with E-state index in [0.717, 1.165) is 29.6 Å². The molecule has 3 heterocycles. The maximum absolute atomic E-state index is 12.7. The fourth-order valence-corrected chi connectivity index (χ4v) is 4.65. The van der Waals surface area contributed by atoms with Gasteiger partial charge in [-0.15, -0.1) is 0 Å². The maximum Gasteiger partial charge on any atom is 0.329 e. The first-order valence-electron chi connectivity index (χ1n) is 8.87. The summed E-state index contributed by atoms with van der Waals surface area (Å²) in [5.41, 5.74) is 3.48. The summed E-state index contributed by atoms with van der Waals surface area (Å²) in [6.07, 6.45) is 3.01. The summed E-state index contributed by atoms with van der Waals surface area (Å²) in [5.74, 6) is -0.0401. The van der Waals surface area contributed by atoms with Gasteiger partial charge in [0.1, 0.15) is 6.04 Å². The highest BCUT2D eigenvalue weighted by Crippen LogP contribution is 2.49. The van der Waals surface area contributed by atoms with E-state index < -0.39 is 0 Å². The van der Waals surface area contributed by atoms with Crippen LogP contribution in [-0.2, 0) is 9.53 Å². The molecule has 1 N–H and O–H groups in total. The average Bonchev–Trinajstić information content (AvgIpc) is 3.03. The van der Waals surface area contributed by atoms with Crippen molar-refractivity contribution in [2.45, 2.75) is 25.4 Å². The van der Waals surface area contributed by atoms with Gasteiger partial charge in [-0.1, -0.05) is 29.8 Å². The molecule has 5 nitrogen and oxygen atoms in total. The number of benzene rings is 1. The zero-order valence-corrected chi connectivity index (χ0v) is 14.7. The number of piperidine rings is 1. The lowest BCUT2D eigenvalue weighted by Gasteiger charge is -2.48. The van der Waals surface area contributed by atoms with Crippen molar-refractivity contribution in [2.24, 2.45) is 5.92 Å². The molecule has 2 bridgehead atoms. The summed E-state index contributed by atoms with van der Waals surface area (Å²) >= 11 is 0. The number of β-amino-alcohol motifs (C(OH)–C–C–N with tert-alkyl or cyclic N) is 1. The highest BCUT2D eigenvalue weighted by molar-refractivity contribution is 5.85. The van der Waals surface area contributed by atoms with Crippen LogP contribution < -0.4 is 0 Å². The van der Waals surface area contributed by atoms with Crippen molar-refractivity contribution in [1.82, 2.24) is 9.47 Å². The minimum atomic E-state index is -0.321. The predicted molar refractivity (Wildman–Crippen MR) is 96.3 cm³/mol. The average molecular weight is 340 g/mol. The highest BCUT2D eigenvalue weighted by atomic mass is 16.5. The molecule has 1 fully saturated rings. The van der Waals surface area contributed by atoms with Gasteiger partial charge < -0.3 is 14.4 Å². The van der Waals surface area contributed by atoms with Crippen LogP contribution in [0.2, 0.25) is 0 Å². The third-order valence-corrected chi connectivity index (χ3v) is 5.76. The van der Waals surface area contributed by atoms with Crippen molar-refractivity contribution in [3.05, 3.63) is 47.7 Å². The lowest BCUT2D eigenvalue weighted by atomic mass is 9.77. The summed E-state index contributed by atoms with van der Waals surface area (Å²) in [7, 11) is 1.47. The summed E-state index contributed by atoms with van der Waals surface area (Å²) in [4.78, 5) is 15.0. The summed E-state index contributed by atoms with van der Waals surface area (Å²) < 4.78 is 7.36. The largest absolute Gasteiger partial charge is 0.467 e. The number of para-hydroxylation sites is 1. The molecule has 2 aromatic rings. The Hall–Kier alpha value is -2.11. The lowest BCUT2D eigenvalue weighted by Crippen LogP contribution is -2.48. The molecule has 0 amide bonds. The van der Waals surface area contributed by atoms with Gasteiger partial charge in [0, 0.05) is 30.2 Å². The van der Waals surface area contributed by atoms with Crippen molar-refractivity contribution < 1.29 is 14.6 Å². The standard InChI is InChI=1S/C20H24N2O3/c1-3-13-12-21(8-9-23)17-11-15(13)19(20(24)25-2)22-16-7-5-4-6-14(16)10-18(17)22/h3-7,10,15,17,19,23H,8-9,11-12H2,1-2H3/t15-,17+,19-/m0/s1. The molecule has 0 saturated carbocycles. The SMILES string of the molecule is CC=C1CN(CCO)[C@@H]2C[C@@H]1[C@@H](C(=O)OC)n1c2cc2ccccc21. The zero-order valence-electron chi connectivity index (χ0n) is 14.7. The van der Waals surface area contributed by atoms with E-state index in [9.17, 15) is 9.90 Å². The number of hydrogen-bond acceptors (Lipinski definition) is 4. The molecule has 4 rings (SSSR count). The van der Waals surface area contributed by atoms with Crippen LogP contribution in [0, 0.1) is 5.92 Å². The van der Waals surface area contributed by atoms with Gasteiger partial charge >= 0.3 is 5.97 Å². The first kappa shape index (κ1) is 16.4. The van der Waals surface area contributed by atoms with Gasteiger partial charge in [0.2, 0.25) is 0 Å². The molecule has 1 aromatic carbocycles. The van der Waals surface area contributed by atoms with Crippen LogP contribution in [0.3, 0.4) is 0 Å². The molecular formula is C20H24N2O3. The number of aliphatic hydroxyl groups is 1. The van der Waals surface area contributed by atoms with Crippen molar-refractivity contribution in [3.8, 4) is 0 Å². The monoisotopic (exact) mass is 340 g/mol. The molecule has 132 valence electrons. The van der Waals surface area contributed by atoms with Crippen LogP contribution >= 0.6 is 0 Å². The molecule has 2 aliphatic rings. The second-order valence-corrected chi connectivity index (χ2v) is 6.88. The minimum Gasteiger partial charge on any atom is -0.467 e. The number of esters is 1. The Balaban J connectivity index is 1.95. The summed E-state index contributed by atoms with van der Waals surface area (Å²) in [6, 6.07) is 10.3. The molecular weight excluding hydrogens is 316 g/mol. The van der Waals surface area contributed by atoms with Crippen molar-refractivity contribution in [2.75, 3.05) is 26.8 Å². The molecule has 0 unspecified atom stereocenters. The van der Waals surface area contributed by atoms with E-state index in [1.54, 1.807) is 0 Å². The summed E-state index contributed by atoms with van der Waals surface area (Å²) in [5, 5.41) is 10.6. The molecule has 1 saturated heterocycles. The van der Waals surface area contributed by atoms with E-state index in [0.29, 0.717) is 6.54 Å². The van der Waals surface area contributed by atoms with Crippen LogP contribution in [0.25, 0.3) is 10.9 Å². The van der Waals surface area contributed by atoms with Crippen molar-refractivity contribution in [3.63, 3.8) is 0 Å². The quantitative estimate of drug-likeness (QED) is 0.689. The van der Waals surface area contributed by atoms with Crippen molar-refractivity contribution in [1.29, 1.82) is 0 Å². The van der Waals surface area contributed by atoms with Gasteiger partial charge in [0.25, 0.3) is 0 Å². The van der Waals surface area contributed by atoms with Crippen LogP contribution in [-0.4, -0.2) is 47.3 Å². The Morgan fingerprint density at radius 1 is 1.40 bits per heavy atom. The number of carbonyl (C=O) groups excluding carboxylic acids is 1. The highest BCUT2D eigenvalue weighted by Gasteiger charge is 2.46. The number of nitrogens with zero attached hydrogens (tertiary/aromatic N) is 2. The first-order chi connectivity index (χ1) is 12.2. The van der Waals surface area contributed by atoms with E-state index in [-0.39, 0.29) is 30.6 Å². The normalized spacial score (nSPS) is 27.5. The van der Waals surface area contributed by atoms with E-state index in [4.69, 9.17) is 4.74 Å². The topological polar surface area (TPSA) is 54.7 Å². The first-order valence-corrected chi connectivity index (χ1v) is 8.87. The van der Waals surface area contributed by atoms with Gasteiger partial charge in [-0.2, -0.15) is 0 Å². The number of fused-ring (bicyclic) bond motifs is 6. The Morgan fingerprint density at radius 3 is 2.92 bits per heavy atom. The number of allylic oxidation sites excluding steroid dienone is 1. The molecule has 5 heteroatoms. The van der Waals surface area contributed by atoms with E-state index in [1.807, 2.05) is 19.1 Å². The fraction of sp³-hybridized carbons (Fsp3) is 0.450. The second-order valence-electron chi connectivity index (χ2n) is 6.88. The van der Waals surface area contributed by atoms with Crippen LogP contribution in [0.4, 0.5) is 0 Å². The van der Waals surface area contributed by atoms with Gasteiger partial charge in [0.15, 0.2) is 0 Å². The lowest BCUT2D eigenvalue weighted by molar-refractivity contribution is -0.147. The number of methoxy groups -OCH3 is 1. The number of carbonyl (C=O) groups is 1. The van der Waals surface area contributed by atoms with E-state index in [2.05, 4.69) is 33.7 Å². The van der Waals surface area contributed by atoms with E-state index in [1.165, 1.54) is 12.7 Å². The molecule has 3 atom stereocenters. The Labute approximate surface area is 147 Å². The smallest absolute Gasteiger partial charge is 0.329 e. The number of likely N-dealkylation sites (tertiary alicyclic amines) is 1. The van der Waals surface area contributed by atoms with Crippen molar-refractivity contribution >= 4 is 16.9 Å².